The van der Waals surface area contributed by atoms with Crippen molar-refractivity contribution in [2.24, 2.45) is 0 Å². The van der Waals surface area contributed by atoms with Gasteiger partial charge in [0.05, 0.1) is 15.0 Å². The SMILES string of the molecule is [2H]C([2H])([2H])c1ccc(-c2[c-]cc(F)cc2)nc1.[2H]c1cc([Si](C)(C)C)cc(C([2H])([2H])[2H])c1-c1cc(-c2[c-]ccc3c2oc2c3ccc3c4ccccc4ccc32)ncc1C([2H])([2H])[2H].[Ir]. The number of nitrogens with zero attached hydrogens (tertiary/aromatic N) is 2. The van der Waals surface area contributed by atoms with E-state index in [-0.39, 0.29) is 59.8 Å². The number of fused-ring (bicyclic) bond motifs is 7. The summed E-state index contributed by atoms with van der Waals surface area (Å²) in [5.74, 6) is -0.368. The van der Waals surface area contributed by atoms with Crippen molar-refractivity contribution in [1.82, 2.24) is 9.97 Å². The molecule has 9 rings (SSSR count). The second-order valence-electron chi connectivity index (χ2n) is 13.9. The molecular weight excluding hydrogens is 860 g/mol. The minimum atomic E-state index is -2.60. The molecule has 0 bridgehead atoms. The number of rotatable bonds is 4. The van der Waals surface area contributed by atoms with Crippen molar-refractivity contribution < 1.29 is 42.6 Å². The molecule has 6 heteroatoms. The summed E-state index contributed by atoms with van der Waals surface area (Å²) in [5, 5.41) is 6.88. The number of halogens is 1. The van der Waals surface area contributed by atoms with Gasteiger partial charge < -0.3 is 14.4 Å². The van der Waals surface area contributed by atoms with Gasteiger partial charge in [0.2, 0.25) is 0 Å². The van der Waals surface area contributed by atoms with Crippen LogP contribution < -0.4 is 5.19 Å². The van der Waals surface area contributed by atoms with Crippen LogP contribution in [-0.4, -0.2) is 18.0 Å². The third kappa shape index (κ3) is 7.05. The van der Waals surface area contributed by atoms with Crippen molar-refractivity contribution in [3.63, 3.8) is 0 Å². The Kier molecular flexibility index (Phi) is 7.30. The molecule has 0 atom stereocenters. The van der Waals surface area contributed by atoms with E-state index in [0.29, 0.717) is 28.1 Å². The van der Waals surface area contributed by atoms with Gasteiger partial charge in [-0.2, -0.15) is 0 Å². The maximum atomic E-state index is 12.7. The summed E-state index contributed by atoms with van der Waals surface area (Å²) in [6.45, 7) is -1.09. The molecule has 269 valence electrons. The second-order valence-corrected chi connectivity index (χ2v) is 19.0. The van der Waals surface area contributed by atoms with Crippen LogP contribution in [0.2, 0.25) is 19.6 Å². The molecule has 3 aromatic heterocycles. The standard InChI is InChI=1S/C36H30NOSi.C12H9FN.Ir/c1-22-19-25(39(3,4)5)14-16-26(22)33-20-34(37-21-23(33)2)32-12-8-11-29-31-18-17-28-27-10-7-6-9-24(27)13-15-30(28)35(31)38-36(29)32;1-9-2-7-12(14-8-9)10-3-5-11(13)6-4-10;/h6-11,13-21H,1-5H3;2-3,5-8H,1H3;/q2*-1;/i1D3,2D3,16D;1D3;. The van der Waals surface area contributed by atoms with E-state index in [4.69, 9.17) is 18.1 Å². The molecule has 0 saturated heterocycles. The first-order valence-corrected chi connectivity index (χ1v) is 20.6. The van der Waals surface area contributed by atoms with Crippen LogP contribution in [0.4, 0.5) is 4.39 Å². The molecule has 0 saturated carbocycles. The molecular formula is C48H39FIrN2OSi-2. The van der Waals surface area contributed by atoms with E-state index in [1.807, 2.05) is 24.3 Å². The predicted octanol–water partition coefficient (Wildman–Crippen LogP) is 12.6. The van der Waals surface area contributed by atoms with Gasteiger partial charge in [-0.25, -0.2) is 0 Å². The average molecular weight is 909 g/mol. The quantitative estimate of drug-likeness (QED) is 0.100. The number of hydrogen-bond donors (Lipinski definition) is 0. The Balaban J connectivity index is 0.000000286. The van der Waals surface area contributed by atoms with Crippen molar-refractivity contribution >= 4 is 56.7 Å². The number of furan rings is 1. The Morgan fingerprint density at radius 3 is 2.22 bits per heavy atom. The van der Waals surface area contributed by atoms with Crippen LogP contribution in [0.5, 0.6) is 0 Å². The van der Waals surface area contributed by atoms with E-state index in [0.717, 1.165) is 43.1 Å². The molecule has 0 aliphatic carbocycles. The molecule has 6 aromatic carbocycles. The monoisotopic (exact) mass is 909 g/mol. The molecule has 9 aromatic rings. The number of aromatic nitrogens is 2. The van der Waals surface area contributed by atoms with Gasteiger partial charge in [0.1, 0.15) is 5.58 Å². The molecule has 0 unspecified atom stereocenters. The first-order chi connectivity index (χ1) is 29.6. The third-order valence-corrected chi connectivity index (χ3v) is 11.4. The van der Waals surface area contributed by atoms with Crippen LogP contribution in [0.3, 0.4) is 0 Å². The molecule has 1 radical (unpaired) electrons. The maximum absolute atomic E-state index is 12.7. The van der Waals surface area contributed by atoms with Gasteiger partial charge in [-0.15, -0.1) is 48.0 Å². The second kappa shape index (κ2) is 14.9. The number of aryl methyl sites for hydroxylation is 3. The first-order valence-electron chi connectivity index (χ1n) is 22.1. The van der Waals surface area contributed by atoms with Crippen molar-refractivity contribution in [2.75, 3.05) is 0 Å². The predicted molar refractivity (Wildman–Crippen MR) is 222 cm³/mol. The molecule has 0 aliphatic rings. The zero-order valence-corrected chi connectivity index (χ0v) is 33.0. The Bertz CT molecular complexity index is 3200. The van der Waals surface area contributed by atoms with Gasteiger partial charge in [0.15, 0.2) is 0 Å². The Morgan fingerprint density at radius 2 is 1.46 bits per heavy atom. The van der Waals surface area contributed by atoms with Crippen LogP contribution in [0.15, 0.2) is 132 Å². The first kappa shape index (κ1) is 26.5. The average Bonchev–Trinajstić information content (AvgIpc) is 3.62. The number of hydrogen-bond acceptors (Lipinski definition) is 3. The Hall–Kier alpha value is -5.26. The van der Waals surface area contributed by atoms with E-state index < -0.39 is 28.6 Å². The zero-order chi connectivity index (χ0) is 45.2. The normalized spacial score (nSPS) is 14.9. The van der Waals surface area contributed by atoms with Crippen LogP contribution in [0.1, 0.15) is 30.4 Å². The van der Waals surface area contributed by atoms with Crippen LogP contribution in [0.25, 0.3) is 77.1 Å². The van der Waals surface area contributed by atoms with Crippen LogP contribution >= 0.6 is 0 Å². The summed E-state index contributed by atoms with van der Waals surface area (Å²) in [6.07, 6.45) is 2.57. The fourth-order valence-electron chi connectivity index (χ4n) is 6.55. The number of benzene rings is 6. The van der Waals surface area contributed by atoms with Gasteiger partial charge in [0, 0.05) is 61.4 Å². The largest absolute Gasteiger partial charge is 0.500 e. The van der Waals surface area contributed by atoms with Gasteiger partial charge >= 0.3 is 0 Å². The topological polar surface area (TPSA) is 38.9 Å². The van der Waals surface area contributed by atoms with Gasteiger partial charge in [-0.3, -0.25) is 4.39 Å². The van der Waals surface area contributed by atoms with E-state index in [1.165, 1.54) is 30.6 Å². The summed E-state index contributed by atoms with van der Waals surface area (Å²) >= 11 is 0. The summed E-state index contributed by atoms with van der Waals surface area (Å²) < 4.78 is 99.9. The molecule has 0 aliphatic heterocycles. The molecule has 3 heterocycles. The molecule has 0 N–H and O–H groups in total. The van der Waals surface area contributed by atoms with Gasteiger partial charge in [-0.05, 0) is 75.9 Å². The fraction of sp³-hybridized carbons (Fsp3) is 0.125. The molecule has 54 heavy (non-hydrogen) atoms. The minimum Gasteiger partial charge on any atom is -0.500 e. The van der Waals surface area contributed by atoms with Crippen molar-refractivity contribution in [2.45, 2.75) is 40.2 Å². The van der Waals surface area contributed by atoms with Crippen LogP contribution in [-0.2, 0) is 20.1 Å². The Morgan fingerprint density at radius 1 is 0.685 bits per heavy atom. The van der Waals surface area contributed by atoms with Crippen molar-refractivity contribution in [3.8, 4) is 33.6 Å². The van der Waals surface area contributed by atoms with Gasteiger partial charge in [-0.1, -0.05) is 121 Å². The summed E-state index contributed by atoms with van der Waals surface area (Å²) in [5.41, 5.74) is 3.58. The van der Waals surface area contributed by atoms with Crippen molar-refractivity contribution in [3.05, 3.63) is 162 Å². The van der Waals surface area contributed by atoms with Gasteiger partial charge in [0.25, 0.3) is 0 Å². The Labute approximate surface area is 344 Å². The van der Waals surface area contributed by atoms with E-state index in [1.54, 1.807) is 36.4 Å². The smallest absolute Gasteiger partial charge is 0.128 e. The van der Waals surface area contributed by atoms with Crippen molar-refractivity contribution in [1.29, 1.82) is 0 Å². The third-order valence-electron chi connectivity index (χ3n) is 9.37. The summed E-state index contributed by atoms with van der Waals surface area (Å²) in [4.78, 5) is 8.59. The summed E-state index contributed by atoms with van der Waals surface area (Å²) in [6, 6.07) is 38.2. The van der Waals surface area contributed by atoms with E-state index in [2.05, 4.69) is 72.1 Å². The zero-order valence-electron chi connectivity index (χ0n) is 39.6. The van der Waals surface area contributed by atoms with E-state index >= 15 is 0 Å². The summed E-state index contributed by atoms with van der Waals surface area (Å²) in [7, 11) is -2.01. The molecule has 0 fully saturated rings. The number of pyridine rings is 2. The minimum absolute atomic E-state index is 0. The fourth-order valence-corrected chi connectivity index (χ4v) is 7.63. The molecule has 0 amide bonds. The maximum Gasteiger partial charge on any atom is 0.128 e. The molecule has 3 nitrogen and oxygen atoms in total. The molecule has 0 spiro atoms. The van der Waals surface area contributed by atoms with Crippen LogP contribution in [0, 0.1) is 38.5 Å². The van der Waals surface area contributed by atoms with E-state index in [9.17, 15) is 4.39 Å².